The summed E-state index contributed by atoms with van der Waals surface area (Å²) in [5.74, 6) is 0.739. The monoisotopic (exact) mass is 327 g/mol. The van der Waals surface area contributed by atoms with Gasteiger partial charge in [-0.25, -0.2) is 14.5 Å². The average Bonchev–Trinajstić information content (AvgIpc) is 2.53. The van der Waals surface area contributed by atoms with E-state index in [9.17, 15) is 9.59 Å². The van der Waals surface area contributed by atoms with Crippen molar-refractivity contribution in [2.75, 3.05) is 6.54 Å². The van der Waals surface area contributed by atoms with Crippen LogP contribution in [0.3, 0.4) is 0 Å². The van der Waals surface area contributed by atoms with Gasteiger partial charge >= 0.3 is 12.2 Å². The van der Waals surface area contributed by atoms with E-state index in [0.29, 0.717) is 11.5 Å². The Bertz CT molecular complexity index is 624. The lowest BCUT2D eigenvalue weighted by Crippen LogP contribution is -2.45. The van der Waals surface area contributed by atoms with E-state index in [1.54, 1.807) is 48.5 Å². The van der Waals surface area contributed by atoms with Crippen LogP contribution >= 0.6 is 0 Å². The zero-order valence-electron chi connectivity index (χ0n) is 14.1. The minimum atomic E-state index is -0.767. The number of hydrogen-bond acceptors (Lipinski definition) is 4. The normalized spacial score (nSPS) is 10.8. The molecule has 0 aromatic heterocycles. The molecule has 0 aliphatic rings. The number of carbonyl (C=O) groups is 2. The number of benzene rings is 2. The Labute approximate surface area is 141 Å². The number of rotatable bonds is 3. The lowest BCUT2D eigenvalue weighted by atomic mass is 9.96. The minimum Gasteiger partial charge on any atom is -0.410 e. The van der Waals surface area contributed by atoms with Crippen molar-refractivity contribution in [1.29, 1.82) is 0 Å². The zero-order valence-corrected chi connectivity index (χ0v) is 14.1. The van der Waals surface area contributed by atoms with Gasteiger partial charge in [0.2, 0.25) is 0 Å². The highest BCUT2D eigenvalue weighted by atomic mass is 16.6. The molecule has 2 amide bonds. The Morgan fingerprint density at radius 3 is 1.50 bits per heavy atom. The number of imide groups is 1. The van der Waals surface area contributed by atoms with Crippen LogP contribution in [0.15, 0.2) is 60.7 Å². The van der Waals surface area contributed by atoms with Crippen LogP contribution in [0.1, 0.15) is 20.8 Å². The predicted octanol–water partition coefficient (Wildman–Crippen LogP) is 4.73. The van der Waals surface area contributed by atoms with Gasteiger partial charge < -0.3 is 9.47 Å². The topological polar surface area (TPSA) is 55.8 Å². The largest absolute Gasteiger partial charge is 0.424 e. The Hall–Kier alpha value is -2.82. The van der Waals surface area contributed by atoms with Gasteiger partial charge in [0.1, 0.15) is 11.5 Å². The number of para-hydroxylation sites is 2. The van der Waals surface area contributed by atoms with Crippen LogP contribution in [0.2, 0.25) is 0 Å². The van der Waals surface area contributed by atoms with Gasteiger partial charge in [-0.2, -0.15) is 0 Å². The second kappa shape index (κ2) is 7.64. The van der Waals surface area contributed by atoms with Crippen molar-refractivity contribution < 1.29 is 19.1 Å². The van der Waals surface area contributed by atoms with Crippen LogP contribution in [0.25, 0.3) is 0 Å². The number of hydrogen-bond donors (Lipinski definition) is 0. The van der Waals surface area contributed by atoms with Crippen LogP contribution in [0.4, 0.5) is 9.59 Å². The van der Waals surface area contributed by atoms with E-state index < -0.39 is 12.2 Å². The molecular formula is C19H21NO4. The Balaban J connectivity index is 2.14. The van der Waals surface area contributed by atoms with Crippen molar-refractivity contribution in [2.45, 2.75) is 20.8 Å². The summed E-state index contributed by atoms with van der Waals surface area (Å²) in [5.41, 5.74) is -0.300. The predicted molar refractivity (Wildman–Crippen MR) is 91.1 cm³/mol. The summed E-state index contributed by atoms with van der Waals surface area (Å²) in [4.78, 5) is 25.8. The Morgan fingerprint density at radius 2 is 1.17 bits per heavy atom. The molecule has 0 saturated carbocycles. The maximum Gasteiger partial charge on any atom is 0.424 e. The summed E-state index contributed by atoms with van der Waals surface area (Å²) >= 11 is 0. The SMILES string of the molecule is CC(C)(C)CN(C(=O)Oc1ccccc1)C(=O)Oc1ccccc1. The molecule has 0 aliphatic heterocycles. The summed E-state index contributed by atoms with van der Waals surface area (Å²) in [5, 5.41) is 0. The molecular weight excluding hydrogens is 306 g/mol. The second-order valence-corrected chi connectivity index (χ2v) is 6.51. The first-order valence-electron chi connectivity index (χ1n) is 7.66. The van der Waals surface area contributed by atoms with Gasteiger partial charge in [0.15, 0.2) is 0 Å². The lowest BCUT2D eigenvalue weighted by molar-refractivity contribution is 0.116. The Morgan fingerprint density at radius 1 is 0.792 bits per heavy atom. The summed E-state index contributed by atoms with van der Waals surface area (Å²) in [6.07, 6.45) is -1.53. The third-order valence-electron chi connectivity index (χ3n) is 2.97. The quantitative estimate of drug-likeness (QED) is 0.817. The molecule has 0 unspecified atom stereocenters. The average molecular weight is 327 g/mol. The molecule has 5 heteroatoms. The van der Waals surface area contributed by atoms with Gasteiger partial charge in [-0.15, -0.1) is 0 Å². The Kier molecular flexibility index (Phi) is 5.58. The van der Waals surface area contributed by atoms with E-state index in [4.69, 9.17) is 9.47 Å². The molecule has 0 fully saturated rings. The fourth-order valence-corrected chi connectivity index (χ4v) is 1.97. The van der Waals surface area contributed by atoms with Crippen LogP contribution in [-0.4, -0.2) is 23.6 Å². The highest BCUT2D eigenvalue weighted by Crippen LogP contribution is 2.19. The van der Waals surface area contributed by atoms with E-state index >= 15 is 0 Å². The molecule has 0 saturated heterocycles. The second-order valence-electron chi connectivity index (χ2n) is 6.51. The molecule has 0 N–H and O–H groups in total. The van der Waals surface area contributed by atoms with E-state index in [1.165, 1.54) is 0 Å². The van der Waals surface area contributed by atoms with E-state index in [1.807, 2.05) is 32.9 Å². The fourth-order valence-electron chi connectivity index (χ4n) is 1.97. The van der Waals surface area contributed by atoms with Gasteiger partial charge in [0.05, 0.1) is 0 Å². The fraction of sp³-hybridized carbons (Fsp3) is 0.263. The van der Waals surface area contributed by atoms with Crippen molar-refractivity contribution in [1.82, 2.24) is 4.90 Å². The minimum absolute atomic E-state index is 0.171. The van der Waals surface area contributed by atoms with Crippen molar-refractivity contribution in [3.8, 4) is 11.5 Å². The summed E-state index contributed by atoms with van der Waals surface area (Å²) < 4.78 is 10.5. The standard InChI is InChI=1S/C19H21NO4/c1-19(2,3)14-20(17(21)23-15-10-6-4-7-11-15)18(22)24-16-12-8-5-9-13-16/h4-13H,14H2,1-3H3. The first-order chi connectivity index (χ1) is 11.3. The number of amides is 2. The van der Waals surface area contributed by atoms with E-state index in [0.717, 1.165) is 4.90 Å². The summed E-state index contributed by atoms with van der Waals surface area (Å²) in [6.45, 7) is 5.94. The maximum absolute atomic E-state index is 12.4. The molecule has 0 aliphatic carbocycles. The molecule has 24 heavy (non-hydrogen) atoms. The van der Waals surface area contributed by atoms with Crippen molar-refractivity contribution in [2.24, 2.45) is 5.41 Å². The van der Waals surface area contributed by atoms with E-state index in [2.05, 4.69) is 0 Å². The van der Waals surface area contributed by atoms with Gasteiger partial charge in [0.25, 0.3) is 0 Å². The highest BCUT2D eigenvalue weighted by molar-refractivity contribution is 5.89. The maximum atomic E-state index is 12.4. The van der Waals surface area contributed by atoms with Crippen LogP contribution < -0.4 is 9.47 Å². The van der Waals surface area contributed by atoms with Crippen molar-refractivity contribution in [3.63, 3.8) is 0 Å². The van der Waals surface area contributed by atoms with Gasteiger partial charge in [-0.3, -0.25) is 0 Å². The molecule has 0 atom stereocenters. The molecule has 0 bridgehead atoms. The third kappa shape index (κ3) is 5.43. The molecule has 2 aromatic rings. The molecule has 0 radical (unpaired) electrons. The van der Waals surface area contributed by atoms with Crippen LogP contribution in [0.5, 0.6) is 11.5 Å². The van der Waals surface area contributed by atoms with Crippen LogP contribution in [-0.2, 0) is 0 Å². The van der Waals surface area contributed by atoms with Crippen molar-refractivity contribution >= 4 is 12.2 Å². The molecule has 0 spiro atoms. The molecule has 2 aromatic carbocycles. The van der Waals surface area contributed by atoms with Gasteiger partial charge in [-0.05, 0) is 29.7 Å². The summed E-state index contributed by atoms with van der Waals surface area (Å²) in [7, 11) is 0. The molecule has 5 nitrogen and oxygen atoms in total. The van der Waals surface area contributed by atoms with E-state index in [-0.39, 0.29) is 12.0 Å². The molecule has 0 heterocycles. The zero-order chi connectivity index (χ0) is 17.6. The lowest BCUT2D eigenvalue weighted by Gasteiger charge is -2.27. The first-order valence-corrected chi connectivity index (χ1v) is 7.66. The van der Waals surface area contributed by atoms with Gasteiger partial charge in [-0.1, -0.05) is 57.2 Å². The molecule has 126 valence electrons. The first kappa shape index (κ1) is 17.5. The number of nitrogens with zero attached hydrogens (tertiary/aromatic N) is 1. The van der Waals surface area contributed by atoms with Gasteiger partial charge in [0, 0.05) is 6.54 Å². The number of ether oxygens (including phenoxy) is 2. The number of carbonyl (C=O) groups excluding carboxylic acids is 2. The summed E-state index contributed by atoms with van der Waals surface area (Å²) in [6, 6.07) is 17.2. The van der Waals surface area contributed by atoms with Crippen molar-refractivity contribution in [3.05, 3.63) is 60.7 Å². The van der Waals surface area contributed by atoms with Crippen LogP contribution in [0, 0.1) is 5.41 Å². The molecule has 2 rings (SSSR count). The highest BCUT2D eigenvalue weighted by Gasteiger charge is 2.30. The third-order valence-corrected chi connectivity index (χ3v) is 2.97. The smallest absolute Gasteiger partial charge is 0.410 e.